The predicted molar refractivity (Wildman–Crippen MR) is 77.6 cm³/mol. The second kappa shape index (κ2) is 4.77. The van der Waals surface area contributed by atoms with Crippen LogP contribution in [0.15, 0.2) is 42.6 Å². The van der Waals surface area contributed by atoms with E-state index < -0.39 is 0 Å². The molecular weight excluding hydrogens is 252 g/mol. The molecule has 3 aromatic rings. The van der Waals surface area contributed by atoms with E-state index in [2.05, 4.69) is 15.4 Å². The molecule has 1 aromatic carbocycles. The number of fused-ring (bicyclic) bond motifs is 1. The van der Waals surface area contributed by atoms with Crippen molar-refractivity contribution in [3.05, 3.63) is 54.0 Å². The molecular formula is C15H14N4O. The highest BCUT2D eigenvalue weighted by Gasteiger charge is 2.12. The summed E-state index contributed by atoms with van der Waals surface area (Å²) in [5, 5.41) is 7.86. The van der Waals surface area contributed by atoms with Gasteiger partial charge in [-0.15, -0.1) is 0 Å². The van der Waals surface area contributed by atoms with Crippen LogP contribution in [0.3, 0.4) is 0 Å². The summed E-state index contributed by atoms with van der Waals surface area (Å²) in [7, 11) is 1.74. The van der Waals surface area contributed by atoms with E-state index in [1.165, 1.54) is 0 Å². The van der Waals surface area contributed by atoms with Gasteiger partial charge in [0.25, 0.3) is 5.91 Å². The lowest BCUT2D eigenvalue weighted by atomic mass is 10.1. The van der Waals surface area contributed by atoms with E-state index in [0.717, 1.165) is 22.3 Å². The number of carbonyl (C=O) groups is 1. The fourth-order valence-corrected chi connectivity index (χ4v) is 2.19. The van der Waals surface area contributed by atoms with Crippen LogP contribution in [-0.2, 0) is 7.05 Å². The molecule has 0 bridgehead atoms. The van der Waals surface area contributed by atoms with Crippen LogP contribution in [0.5, 0.6) is 0 Å². The standard InChI is InChI=1S/C15H14N4O/c1-10-9-13(11-5-3-4-6-12(11)17-10)18-15(20)14-7-8-16-19(14)2/h3-9H,1-2H3,(H,17,18,20). The average molecular weight is 266 g/mol. The zero-order valence-electron chi connectivity index (χ0n) is 11.3. The topological polar surface area (TPSA) is 59.8 Å². The van der Waals surface area contributed by atoms with Crippen molar-refractivity contribution in [1.82, 2.24) is 14.8 Å². The van der Waals surface area contributed by atoms with E-state index in [1.807, 2.05) is 37.3 Å². The Labute approximate surface area is 116 Å². The first-order valence-corrected chi connectivity index (χ1v) is 6.31. The van der Waals surface area contributed by atoms with Gasteiger partial charge in [-0.1, -0.05) is 18.2 Å². The van der Waals surface area contributed by atoms with Crippen molar-refractivity contribution in [2.24, 2.45) is 7.05 Å². The van der Waals surface area contributed by atoms with Crippen LogP contribution >= 0.6 is 0 Å². The number of nitrogens with one attached hydrogen (secondary N) is 1. The van der Waals surface area contributed by atoms with E-state index in [0.29, 0.717) is 5.69 Å². The molecule has 1 N–H and O–H groups in total. The number of benzene rings is 1. The van der Waals surface area contributed by atoms with Gasteiger partial charge in [0.1, 0.15) is 5.69 Å². The normalized spacial score (nSPS) is 10.7. The summed E-state index contributed by atoms with van der Waals surface area (Å²) in [6, 6.07) is 11.3. The van der Waals surface area contributed by atoms with Crippen molar-refractivity contribution >= 4 is 22.5 Å². The van der Waals surface area contributed by atoms with Crippen molar-refractivity contribution in [2.75, 3.05) is 5.32 Å². The quantitative estimate of drug-likeness (QED) is 0.775. The van der Waals surface area contributed by atoms with Gasteiger partial charge >= 0.3 is 0 Å². The smallest absolute Gasteiger partial charge is 0.273 e. The van der Waals surface area contributed by atoms with Crippen molar-refractivity contribution in [1.29, 1.82) is 0 Å². The number of hydrogen-bond donors (Lipinski definition) is 1. The summed E-state index contributed by atoms with van der Waals surface area (Å²) in [4.78, 5) is 16.7. The third-order valence-corrected chi connectivity index (χ3v) is 3.15. The lowest BCUT2D eigenvalue weighted by Crippen LogP contribution is -2.16. The van der Waals surface area contributed by atoms with Gasteiger partial charge < -0.3 is 5.32 Å². The van der Waals surface area contributed by atoms with Gasteiger partial charge in [0.15, 0.2) is 0 Å². The Morgan fingerprint density at radius 3 is 2.80 bits per heavy atom. The molecule has 0 saturated heterocycles. The third-order valence-electron chi connectivity index (χ3n) is 3.15. The maximum Gasteiger partial charge on any atom is 0.273 e. The van der Waals surface area contributed by atoms with Gasteiger partial charge in [-0.3, -0.25) is 14.5 Å². The number of hydrogen-bond acceptors (Lipinski definition) is 3. The van der Waals surface area contributed by atoms with E-state index >= 15 is 0 Å². The number of nitrogens with zero attached hydrogens (tertiary/aromatic N) is 3. The third kappa shape index (κ3) is 2.14. The number of carbonyl (C=O) groups excluding carboxylic acids is 1. The van der Waals surface area contributed by atoms with Gasteiger partial charge in [-0.05, 0) is 25.1 Å². The first-order chi connectivity index (χ1) is 9.65. The summed E-state index contributed by atoms with van der Waals surface area (Å²) in [6.07, 6.45) is 1.60. The number of amides is 1. The zero-order valence-corrected chi connectivity index (χ0v) is 11.3. The van der Waals surface area contributed by atoms with Crippen molar-refractivity contribution in [3.63, 3.8) is 0 Å². The molecule has 0 saturated carbocycles. The van der Waals surface area contributed by atoms with Crippen LogP contribution in [0.25, 0.3) is 10.9 Å². The fourth-order valence-electron chi connectivity index (χ4n) is 2.19. The largest absolute Gasteiger partial charge is 0.320 e. The Morgan fingerprint density at radius 1 is 1.25 bits per heavy atom. The number of rotatable bonds is 2. The summed E-state index contributed by atoms with van der Waals surface area (Å²) in [5.41, 5.74) is 3.01. The SMILES string of the molecule is Cc1cc(NC(=O)c2ccnn2C)c2ccccc2n1. The molecule has 5 heteroatoms. The molecule has 1 amide bonds. The molecule has 3 rings (SSSR count). The lowest BCUT2D eigenvalue weighted by molar-refractivity contribution is 0.101. The molecule has 100 valence electrons. The Bertz CT molecular complexity index is 791. The summed E-state index contributed by atoms with van der Waals surface area (Å²) >= 11 is 0. The number of anilines is 1. The molecule has 0 fully saturated rings. The molecule has 0 aliphatic rings. The molecule has 0 unspecified atom stereocenters. The number of pyridine rings is 1. The molecule has 20 heavy (non-hydrogen) atoms. The second-order valence-corrected chi connectivity index (χ2v) is 4.62. The molecule has 2 aromatic heterocycles. The maximum atomic E-state index is 12.3. The molecule has 0 spiro atoms. The zero-order chi connectivity index (χ0) is 14.1. The lowest BCUT2D eigenvalue weighted by Gasteiger charge is -2.09. The van der Waals surface area contributed by atoms with Gasteiger partial charge in [0.2, 0.25) is 0 Å². The Kier molecular flexibility index (Phi) is 2.95. The number of aryl methyl sites for hydroxylation is 2. The van der Waals surface area contributed by atoms with Crippen LogP contribution in [0.2, 0.25) is 0 Å². The van der Waals surface area contributed by atoms with Crippen molar-refractivity contribution in [2.45, 2.75) is 6.92 Å². The fraction of sp³-hybridized carbons (Fsp3) is 0.133. The predicted octanol–water partition coefficient (Wildman–Crippen LogP) is 2.53. The van der Waals surface area contributed by atoms with Crippen LogP contribution in [0.1, 0.15) is 16.2 Å². The van der Waals surface area contributed by atoms with Crippen LogP contribution < -0.4 is 5.32 Å². The minimum atomic E-state index is -0.180. The van der Waals surface area contributed by atoms with Crippen LogP contribution in [-0.4, -0.2) is 20.7 Å². The first-order valence-electron chi connectivity index (χ1n) is 6.31. The van der Waals surface area contributed by atoms with Crippen LogP contribution in [0, 0.1) is 6.92 Å². The minimum Gasteiger partial charge on any atom is -0.320 e. The second-order valence-electron chi connectivity index (χ2n) is 4.62. The highest BCUT2D eigenvalue weighted by molar-refractivity contribution is 6.07. The minimum absolute atomic E-state index is 0.180. The monoisotopic (exact) mass is 266 g/mol. The van der Waals surface area contributed by atoms with E-state index in [4.69, 9.17) is 0 Å². The maximum absolute atomic E-state index is 12.3. The van der Waals surface area contributed by atoms with Crippen molar-refractivity contribution in [3.8, 4) is 0 Å². The number of aromatic nitrogens is 3. The van der Waals surface area contributed by atoms with E-state index in [1.54, 1.807) is 24.0 Å². The molecule has 5 nitrogen and oxygen atoms in total. The summed E-state index contributed by atoms with van der Waals surface area (Å²) in [6.45, 7) is 1.91. The molecule has 0 aliphatic heterocycles. The van der Waals surface area contributed by atoms with E-state index in [-0.39, 0.29) is 5.91 Å². The average Bonchev–Trinajstić information content (AvgIpc) is 2.85. The molecule has 2 heterocycles. The van der Waals surface area contributed by atoms with E-state index in [9.17, 15) is 4.79 Å². The van der Waals surface area contributed by atoms with Gasteiger partial charge in [-0.25, -0.2) is 0 Å². The Balaban J connectivity index is 2.03. The molecule has 0 aliphatic carbocycles. The first kappa shape index (κ1) is 12.3. The Hall–Kier alpha value is -2.69. The van der Waals surface area contributed by atoms with Gasteiger partial charge in [0.05, 0.1) is 11.2 Å². The summed E-state index contributed by atoms with van der Waals surface area (Å²) in [5.74, 6) is -0.180. The van der Waals surface area contributed by atoms with Crippen LogP contribution in [0.4, 0.5) is 5.69 Å². The van der Waals surface area contributed by atoms with Crippen molar-refractivity contribution < 1.29 is 4.79 Å². The van der Waals surface area contributed by atoms with Gasteiger partial charge in [0, 0.05) is 24.3 Å². The number of para-hydroxylation sites is 1. The van der Waals surface area contributed by atoms with Gasteiger partial charge in [-0.2, -0.15) is 5.10 Å². The summed E-state index contributed by atoms with van der Waals surface area (Å²) < 4.78 is 1.55. The molecule has 0 atom stereocenters. The Morgan fingerprint density at radius 2 is 2.05 bits per heavy atom. The molecule has 0 radical (unpaired) electrons. The highest BCUT2D eigenvalue weighted by atomic mass is 16.2. The highest BCUT2D eigenvalue weighted by Crippen LogP contribution is 2.23.